The third-order valence-electron chi connectivity index (χ3n) is 4.62. The van der Waals surface area contributed by atoms with E-state index in [4.69, 9.17) is 0 Å². The molecule has 0 aromatic rings. The molecule has 1 nitrogen and oxygen atoms in total. The van der Waals surface area contributed by atoms with Gasteiger partial charge in [-0.2, -0.15) is 0 Å². The molecule has 0 saturated carbocycles. The second-order valence-corrected chi connectivity index (χ2v) is 5.49. The van der Waals surface area contributed by atoms with E-state index >= 15 is 0 Å². The second-order valence-electron chi connectivity index (χ2n) is 5.49. The van der Waals surface area contributed by atoms with Crippen LogP contribution in [-0.2, 0) is 0 Å². The maximum absolute atomic E-state index is 2.88. The van der Waals surface area contributed by atoms with Crippen molar-refractivity contribution in [2.45, 2.75) is 77.3 Å². The minimum atomic E-state index is 0.933. The van der Waals surface area contributed by atoms with E-state index < -0.39 is 0 Å². The third-order valence-corrected chi connectivity index (χ3v) is 4.62. The summed E-state index contributed by atoms with van der Waals surface area (Å²) in [4.78, 5) is 2.88. The van der Waals surface area contributed by atoms with Crippen LogP contribution < -0.4 is 0 Å². The van der Waals surface area contributed by atoms with Gasteiger partial charge in [0.05, 0.1) is 0 Å². The monoisotopic (exact) mass is 209 g/mol. The molecule has 0 spiro atoms. The minimum Gasteiger partial charge on any atom is -0.297 e. The second kappa shape index (κ2) is 5.34. The summed E-state index contributed by atoms with van der Waals surface area (Å²) >= 11 is 0. The van der Waals surface area contributed by atoms with Crippen molar-refractivity contribution in [3.8, 4) is 0 Å². The van der Waals surface area contributed by atoms with Crippen molar-refractivity contribution in [3.05, 3.63) is 0 Å². The van der Waals surface area contributed by atoms with Gasteiger partial charge in [-0.3, -0.25) is 4.90 Å². The van der Waals surface area contributed by atoms with Crippen LogP contribution in [0.25, 0.3) is 0 Å². The first-order valence-electron chi connectivity index (χ1n) is 7.12. The zero-order valence-electron chi connectivity index (χ0n) is 10.5. The van der Waals surface area contributed by atoms with Crippen molar-refractivity contribution in [2.75, 3.05) is 6.54 Å². The number of nitrogens with zero attached hydrogens (tertiary/aromatic N) is 1. The van der Waals surface area contributed by atoms with E-state index in [1.807, 2.05) is 0 Å². The SMILES string of the molecule is CCCC1CCC(CC)C2CCCCN12. The quantitative estimate of drug-likeness (QED) is 0.683. The molecule has 15 heavy (non-hydrogen) atoms. The molecule has 2 aliphatic rings. The first-order chi connectivity index (χ1) is 7.36. The van der Waals surface area contributed by atoms with Crippen LogP contribution in [0.15, 0.2) is 0 Å². The van der Waals surface area contributed by atoms with E-state index in [0.29, 0.717) is 0 Å². The predicted octanol–water partition coefficient (Wildman–Crippen LogP) is 3.83. The Balaban J connectivity index is 2.01. The largest absolute Gasteiger partial charge is 0.297 e. The fourth-order valence-corrected chi connectivity index (χ4v) is 3.82. The van der Waals surface area contributed by atoms with Crippen molar-refractivity contribution in [1.82, 2.24) is 4.90 Å². The Morgan fingerprint density at radius 3 is 2.67 bits per heavy atom. The van der Waals surface area contributed by atoms with Gasteiger partial charge in [-0.05, 0) is 44.6 Å². The lowest BCUT2D eigenvalue weighted by molar-refractivity contribution is 0.00700. The summed E-state index contributed by atoms with van der Waals surface area (Å²) in [7, 11) is 0. The average molecular weight is 209 g/mol. The van der Waals surface area contributed by atoms with Gasteiger partial charge in [0, 0.05) is 12.1 Å². The van der Waals surface area contributed by atoms with E-state index in [2.05, 4.69) is 18.7 Å². The molecule has 0 aromatic carbocycles. The van der Waals surface area contributed by atoms with Crippen LogP contribution in [0.3, 0.4) is 0 Å². The van der Waals surface area contributed by atoms with Gasteiger partial charge >= 0.3 is 0 Å². The van der Waals surface area contributed by atoms with E-state index in [0.717, 1.165) is 18.0 Å². The Morgan fingerprint density at radius 1 is 1.07 bits per heavy atom. The van der Waals surface area contributed by atoms with Crippen LogP contribution in [-0.4, -0.2) is 23.5 Å². The van der Waals surface area contributed by atoms with Gasteiger partial charge < -0.3 is 0 Å². The molecule has 2 rings (SSSR count). The standard InChI is InChI=1S/C14H27N/c1-3-7-13-10-9-12(4-2)14-8-5-6-11-15(13)14/h12-14H,3-11H2,1-2H3. The number of hydrogen-bond acceptors (Lipinski definition) is 1. The van der Waals surface area contributed by atoms with Crippen molar-refractivity contribution in [3.63, 3.8) is 0 Å². The predicted molar refractivity (Wildman–Crippen MR) is 66.1 cm³/mol. The summed E-state index contributed by atoms with van der Waals surface area (Å²) in [5.41, 5.74) is 0. The molecule has 1 heteroatoms. The normalized spacial score (nSPS) is 37.6. The summed E-state index contributed by atoms with van der Waals surface area (Å²) in [6.07, 6.45) is 11.6. The number of hydrogen-bond donors (Lipinski definition) is 0. The van der Waals surface area contributed by atoms with Gasteiger partial charge in [0.1, 0.15) is 0 Å². The fraction of sp³-hybridized carbons (Fsp3) is 1.00. The van der Waals surface area contributed by atoms with Crippen LogP contribution in [0.4, 0.5) is 0 Å². The van der Waals surface area contributed by atoms with Gasteiger partial charge in [0.15, 0.2) is 0 Å². The zero-order valence-corrected chi connectivity index (χ0v) is 10.5. The fourth-order valence-electron chi connectivity index (χ4n) is 3.82. The highest BCUT2D eigenvalue weighted by atomic mass is 15.2. The maximum atomic E-state index is 2.88. The molecule has 2 fully saturated rings. The molecule has 3 atom stereocenters. The number of rotatable bonds is 3. The van der Waals surface area contributed by atoms with Gasteiger partial charge in [0.25, 0.3) is 0 Å². The average Bonchev–Trinajstić information content (AvgIpc) is 2.30. The molecule has 88 valence electrons. The van der Waals surface area contributed by atoms with Crippen molar-refractivity contribution in [2.24, 2.45) is 5.92 Å². The third kappa shape index (κ3) is 2.38. The first-order valence-corrected chi connectivity index (χ1v) is 7.12. The molecule has 0 aliphatic carbocycles. The van der Waals surface area contributed by atoms with Crippen LogP contribution in [0.1, 0.15) is 65.2 Å². The molecule has 0 N–H and O–H groups in total. The molecular formula is C14H27N. The van der Waals surface area contributed by atoms with E-state index in [9.17, 15) is 0 Å². The Labute approximate surface area is 95.2 Å². The molecule has 2 aliphatic heterocycles. The van der Waals surface area contributed by atoms with Crippen LogP contribution >= 0.6 is 0 Å². The minimum absolute atomic E-state index is 0.933. The zero-order chi connectivity index (χ0) is 10.7. The van der Waals surface area contributed by atoms with E-state index in [-0.39, 0.29) is 0 Å². The molecule has 2 heterocycles. The van der Waals surface area contributed by atoms with Gasteiger partial charge in [-0.25, -0.2) is 0 Å². The summed E-state index contributed by atoms with van der Waals surface area (Å²) in [6.45, 7) is 6.12. The molecule has 2 saturated heterocycles. The summed E-state index contributed by atoms with van der Waals surface area (Å²) in [6, 6.07) is 1.89. The lowest BCUT2D eigenvalue weighted by Gasteiger charge is -2.49. The summed E-state index contributed by atoms with van der Waals surface area (Å²) in [5, 5.41) is 0. The van der Waals surface area contributed by atoms with Crippen molar-refractivity contribution >= 4 is 0 Å². The van der Waals surface area contributed by atoms with Crippen LogP contribution in [0.5, 0.6) is 0 Å². The molecule has 0 aromatic heterocycles. The van der Waals surface area contributed by atoms with E-state index in [1.165, 1.54) is 57.9 Å². The molecule has 0 radical (unpaired) electrons. The Kier molecular flexibility index (Phi) is 4.07. The van der Waals surface area contributed by atoms with Crippen LogP contribution in [0, 0.1) is 5.92 Å². The summed E-state index contributed by atoms with van der Waals surface area (Å²) < 4.78 is 0. The lowest BCUT2D eigenvalue weighted by Crippen LogP contribution is -2.53. The first kappa shape index (κ1) is 11.4. The lowest BCUT2D eigenvalue weighted by atomic mass is 9.78. The van der Waals surface area contributed by atoms with Crippen molar-refractivity contribution in [1.29, 1.82) is 0 Å². The van der Waals surface area contributed by atoms with Crippen molar-refractivity contribution < 1.29 is 0 Å². The highest BCUT2D eigenvalue weighted by Gasteiger charge is 2.36. The van der Waals surface area contributed by atoms with Gasteiger partial charge in [-0.15, -0.1) is 0 Å². The van der Waals surface area contributed by atoms with Gasteiger partial charge in [0.2, 0.25) is 0 Å². The Morgan fingerprint density at radius 2 is 1.93 bits per heavy atom. The topological polar surface area (TPSA) is 3.24 Å². The highest BCUT2D eigenvalue weighted by Crippen LogP contribution is 2.37. The molecule has 0 amide bonds. The molecular weight excluding hydrogens is 182 g/mol. The molecule has 3 unspecified atom stereocenters. The Hall–Kier alpha value is -0.0400. The summed E-state index contributed by atoms with van der Waals surface area (Å²) in [5.74, 6) is 1.01. The van der Waals surface area contributed by atoms with E-state index in [1.54, 1.807) is 0 Å². The molecule has 0 bridgehead atoms. The number of fused-ring (bicyclic) bond motifs is 1. The number of piperidine rings is 2. The Bertz CT molecular complexity index is 190. The maximum Gasteiger partial charge on any atom is 0.0126 e. The smallest absolute Gasteiger partial charge is 0.0126 e. The van der Waals surface area contributed by atoms with Gasteiger partial charge in [-0.1, -0.05) is 33.1 Å². The van der Waals surface area contributed by atoms with Crippen LogP contribution in [0.2, 0.25) is 0 Å². The highest BCUT2D eigenvalue weighted by molar-refractivity contribution is 4.91.